The Morgan fingerprint density at radius 2 is 1.27 bits per heavy atom. The molecule has 2 aromatic carbocycles. The monoisotopic (exact) mass is 320 g/mol. The van der Waals surface area contributed by atoms with Crippen molar-refractivity contribution in [3.05, 3.63) is 71.8 Å². The summed E-state index contributed by atoms with van der Waals surface area (Å²) in [5, 5.41) is 0. The normalized spacial score (nSPS) is 12.2. The van der Waals surface area contributed by atoms with Gasteiger partial charge in [0.1, 0.15) is 12.2 Å². The van der Waals surface area contributed by atoms with Gasteiger partial charge in [0, 0.05) is 0 Å². The molecular weight excluding hydrogens is 300 g/mol. The van der Waals surface area contributed by atoms with Crippen molar-refractivity contribution in [2.75, 3.05) is 19.3 Å². The molecule has 0 saturated carbocycles. The van der Waals surface area contributed by atoms with Gasteiger partial charge in [-0.2, -0.15) is 0 Å². The van der Waals surface area contributed by atoms with Gasteiger partial charge in [0.25, 0.3) is 0 Å². The van der Waals surface area contributed by atoms with E-state index in [1.54, 1.807) is 0 Å². The molecule has 1 atom stereocenters. The standard InChI is InChI=1S/C18H21ClO3/c19-15-21-14-18(22-12-17-9-5-2-6-10-17)13-20-11-16-7-3-1-4-8-16/h1-10,18H,11-15H2/t18-/m0/s1. The van der Waals surface area contributed by atoms with E-state index in [1.807, 2.05) is 60.7 Å². The lowest BCUT2D eigenvalue weighted by molar-refractivity contribution is -0.0642. The second-order valence-corrected chi connectivity index (χ2v) is 5.12. The van der Waals surface area contributed by atoms with Crippen molar-refractivity contribution < 1.29 is 14.2 Å². The maximum atomic E-state index is 5.86. The van der Waals surface area contributed by atoms with Gasteiger partial charge in [-0.25, -0.2) is 0 Å². The van der Waals surface area contributed by atoms with Crippen molar-refractivity contribution in [3.8, 4) is 0 Å². The zero-order valence-electron chi connectivity index (χ0n) is 12.5. The van der Waals surface area contributed by atoms with Gasteiger partial charge in [0.2, 0.25) is 0 Å². The Hall–Kier alpha value is -1.39. The summed E-state index contributed by atoms with van der Waals surface area (Å²) < 4.78 is 16.8. The van der Waals surface area contributed by atoms with Crippen LogP contribution in [0.25, 0.3) is 0 Å². The highest BCUT2D eigenvalue weighted by Crippen LogP contribution is 2.07. The van der Waals surface area contributed by atoms with Gasteiger partial charge < -0.3 is 14.2 Å². The van der Waals surface area contributed by atoms with Crippen LogP contribution >= 0.6 is 11.6 Å². The molecule has 0 amide bonds. The summed E-state index contributed by atoms with van der Waals surface area (Å²) in [6.45, 7) is 1.99. The number of hydrogen-bond donors (Lipinski definition) is 0. The van der Waals surface area contributed by atoms with Gasteiger partial charge in [0.05, 0.1) is 26.4 Å². The fourth-order valence-electron chi connectivity index (χ4n) is 1.99. The first-order valence-corrected chi connectivity index (χ1v) is 7.83. The van der Waals surface area contributed by atoms with E-state index in [9.17, 15) is 0 Å². The first-order chi connectivity index (χ1) is 10.9. The van der Waals surface area contributed by atoms with Gasteiger partial charge >= 0.3 is 0 Å². The van der Waals surface area contributed by atoms with Crippen LogP contribution in [0.4, 0.5) is 0 Å². The van der Waals surface area contributed by atoms with Crippen molar-refractivity contribution in [2.45, 2.75) is 19.3 Å². The molecule has 3 nitrogen and oxygen atoms in total. The van der Waals surface area contributed by atoms with Crippen LogP contribution < -0.4 is 0 Å². The second-order valence-electron chi connectivity index (χ2n) is 4.90. The summed E-state index contributed by atoms with van der Waals surface area (Å²) in [5.74, 6) is 0. The maximum absolute atomic E-state index is 5.86. The van der Waals surface area contributed by atoms with E-state index in [-0.39, 0.29) is 12.2 Å². The quantitative estimate of drug-likeness (QED) is 0.619. The van der Waals surface area contributed by atoms with Crippen molar-refractivity contribution in [3.63, 3.8) is 0 Å². The van der Waals surface area contributed by atoms with E-state index in [4.69, 9.17) is 25.8 Å². The van der Waals surface area contributed by atoms with Crippen molar-refractivity contribution >= 4 is 11.6 Å². The topological polar surface area (TPSA) is 27.7 Å². The summed E-state index contributed by atoms with van der Waals surface area (Å²) in [6, 6.07) is 20.3. The van der Waals surface area contributed by atoms with E-state index in [0.717, 1.165) is 11.1 Å². The molecular formula is C18H21ClO3. The highest BCUT2D eigenvalue weighted by molar-refractivity contribution is 6.17. The Balaban J connectivity index is 1.75. The smallest absolute Gasteiger partial charge is 0.120 e. The summed E-state index contributed by atoms with van der Waals surface area (Å²) in [5.41, 5.74) is 2.27. The summed E-state index contributed by atoms with van der Waals surface area (Å²) >= 11 is 5.57. The average Bonchev–Trinajstić information content (AvgIpc) is 2.58. The molecule has 22 heavy (non-hydrogen) atoms. The number of rotatable bonds is 10. The van der Waals surface area contributed by atoms with Crippen LogP contribution in [0, 0.1) is 0 Å². The molecule has 2 aromatic rings. The van der Waals surface area contributed by atoms with Gasteiger partial charge in [-0.3, -0.25) is 0 Å². The third-order valence-electron chi connectivity index (χ3n) is 3.12. The Morgan fingerprint density at radius 3 is 1.86 bits per heavy atom. The molecule has 118 valence electrons. The van der Waals surface area contributed by atoms with E-state index < -0.39 is 0 Å². The van der Waals surface area contributed by atoms with Crippen LogP contribution in [0.5, 0.6) is 0 Å². The molecule has 0 N–H and O–H groups in total. The lowest BCUT2D eigenvalue weighted by Crippen LogP contribution is -2.25. The molecule has 4 heteroatoms. The van der Waals surface area contributed by atoms with Crippen LogP contribution in [0.2, 0.25) is 0 Å². The van der Waals surface area contributed by atoms with Crippen molar-refractivity contribution in [2.24, 2.45) is 0 Å². The number of hydrogen-bond acceptors (Lipinski definition) is 3. The van der Waals surface area contributed by atoms with Gasteiger partial charge in [0.15, 0.2) is 0 Å². The summed E-state index contributed by atoms with van der Waals surface area (Å²) in [6.07, 6.45) is -0.136. The lowest BCUT2D eigenvalue weighted by atomic mass is 10.2. The van der Waals surface area contributed by atoms with E-state index in [1.165, 1.54) is 0 Å². The minimum absolute atomic E-state index is 0.136. The fraction of sp³-hybridized carbons (Fsp3) is 0.333. The predicted molar refractivity (Wildman–Crippen MR) is 87.8 cm³/mol. The minimum atomic E-state index is -0.136. The first-order valence-electron chi connectivity index (χ1n) is 7.29. The van der Waals surface area contributed by atoms with Crippen LogP contribution in [0.3, 0.4) is 0 Å². The third-order valence-corrected chi connectivity index (χ3v) is 3.28. The van der Waals surface area contributed by atoms with Crippen molar-refractivity contribution in [1.82, 2.24) is 0 Å². The lowest BCUT2D eigenvalue weighted by Gasteiger charge is -2.18. The van der Waals surface area contributed by atoms with Crippen molar-refractivity contribution in [1.29, 1.82) is 0 Å². The summed E-state index contributed by atoms with van der Waals surface area (Å²) in [4.78, 5) is 0. The molecule has 0 aliphatic carbocycles. The molecule has 0 unspecified atom stereocenters. The summed E-state index contributed by atoms with van der Waals surface area (Å²) in [7, 11) is 0. The number of benzene rings is 2. The molecule has 0 aliphatic rings. The Labute approximate surface area is 136 Å². The zero-order chi connectivity index (χ0) is 15.5. The van der Waals surface area contributed by atoms with Crippen LogP contribution in [0.1, 0.15) is 11.1 Å². The average molecular weight is 321 g/mol. The molecule has 0 fully saturated rings. The Morgan fingerprint density at radius 1 is 0.727 bits per heavy atom. The van der Waals surface area contributed by atoms with E-state index in [2.05, 4.69) is 0 Å². The SMILES string of the molecule is ClCOC[C@H](COCc1ccccc1)OCc1ccccc1. The Bertz CT molecular complexity index is 504. The fourth-order valence-corrected chi connectivity index (χ4v) is 2.08. The molecule has 0 spiro atoms. The predicted octanol–water partition coefficient (Wildman–Crippen LogP) is 4.00. The molecule has 2 rings (SSSR count). The molecule has 0 bridgehead atoms. The van der Waals surface area contributed by atoms with E-state index >= 15 is 0 Å². The third kappa shape index (κ3) is 6.58. The number of ether oxygens (including phenoxy) is 3. The molecule has 0 saturated heterocycles. The first kappa shape index (κ1) is 17.0. The maximum Gasteiger partial charge on any atom is 0.120 e. The molecule has 0 aliphatic heterocycles. The largest absolute Gasteiger partial charge is 0.374 e. The number of alkyl halides is 1. The second kappa shape index (κ2) is 10.4. The van der Waals surface area contributed by atoms with Gasteiger partial charge in [-0.15, -0.1) is 0 Å². The molecule has 0 heterocycles. The van der Waals surface area contributed by atoms with Gasteiger partial charge in [-0.1, -0.05) is 72.3 Å². The van der Waals surface area contributed by atoms with Crippen LogP contribution in [-0.2, 0) is 27.4 Å². The molecule has 0 radical (unpaired) electrons. The highest BCUT2D eigenvalue weighted by Gasteiger charge is 2.10. The van der Waals surface area contributed by atoms with Crippen LogP contribution in [-0.4, -0.2) is 25.4 Å². The number of halogens is 1. The highest BCUT2D eigenvalue weighted by atomic mass is 35.5. The van der Waals surface area contributed by atoms with Gasteiger partial charge in [-0.05, 0) is 11.1 Å². The molecule has 0 aromatic heterocycles. The Kier molecular flexibility index (Phi) is 7.99. The van der Waals surface area contributed by atoms with Crippen LogP contribution in [0.15, 0.2) is 60.7 Å². The minimum Gasteiger partial charge on any atom is -0.374 e. The zero-order valence-corrected chi connectivity index (χ0v) is 13.2. The van der Waals surface area contributed by atoms with E-state index in [0.29, 0.717) is 26.4 Å².